The molecule has 0 bridgehead atoms. The minimum atomic E-state index is -0.968. The van der Waals surface area contributed by atoms with Gasteiger partial charge >= 0.3 is 5.97 Å². The molecule has 1 saturated heterocycles. The second-order valence-corrected chi connectivity index (χ2v) is 8.02. The lowest BCUT2D eigenvalue weighted by molar-refractivity contribution is -0.148. The first kappa shape index (κ1) is 22.6. The molecule has 1 aliphatic rings. The third kappa shape index (κ3) is 4.52. The molecule has 1 aliphatic heterocycles. The number of nitrogens with zero attached hydrogens (tertiary/aromatic N) is 1. The summed E-state index contributed by atoms with van der Waals surface area (Å²) in [5.41, 5.74) is 1.27. The van der Waals surface area contributed by atoms with E-state index < -0.39 is 12.0 Å². The van der Waals surface area contributed by atoms with Gasteiger partial charge in [0.1, 0.15) is 4.32 Å². The van der Waals surface area contributed by atoms with Crippen molar-refractivity contribution in [3.8, 4) is 17.2 Å². The Labute approximate surface area is 189 Å². The van der Waals surface area contributed by atoms with Gasteiger partial charge in [0.05, 0.1) is 33.3 Å². The van der Waals surface area contributed by atoms with Gasteiger partial charge < -0.3 is 18.9 Å². The van der Waals surface area contributed by atoms with E-state index in [4.69, 9.17) is 31.2 Å². The van der Waals surface area contributed by atoms with Crippen molar-refractivity contribution < 1.29 is 28.5 Å². The van der Waals surface area contributed by atoms with Crippen LogP contribution in [0.1, 0.15) is 17.2 Å². The second kappa shape index (κ2) is 9.84. The predicted octanol–water partition coefficient (Wildman–Crippen LogP) is 3.83. The van der Waals surface area contributed by atoms with Crippen LogP contribution in [0, 0.1) is 0 Å². The fourth-order valence-corrected chi connectivity index (χ4v) is 4.49. The number of hydrogen-bond donors (Lipinski definition) is 0. The van der Waals surface area contributed by atoms with E-state index in [-0.39, 0.29) is 10.2 Å². The molecule has 31 heavy (non-hydrogen) atoms. The summed E-state index contributed by atoms with van der Waals surface area (Å²) in [6, 6.07) is 11.4. The Bertz CT molecular complexity index is 1010. The largest absolute Gasteiger partial charge is 0.493 e. The first-order valence-electron chi connectivity index (χ1n) is 9.15. The molecule has 1 heterocycles. The van der Waals surface area contributed by atoms with Gasteiger partial charge in [-0.3, -0.25) is 9.69 Å². The summed E-state index contributed by atoms with van der Waals surface area (Å²) < 4.78 is 21.3. The van der Waals surface area contributed by atoms with Gasteiger partial charge in [0.2, 0.25) is 5.75 Å². The maximum atomic E-state index is 13.2. The maximum Gasteiger partial charge on any atom is 0.333 e. The van der Waals surface area contributed by atoms with E-state index >= 15 is 0 Å². The van der Waals surface area contributed by atoms with E-state index in [9.17, 15) is 9.59 Å². The monoisotopic (exact) mass is 459 g/mol. The molecular weight excluding hydrogens is 438 g/mol. The Kier molecular flexibility index (Phi) is 7.19. The van der Waals surface area contributed by atoms with Crippen molar-refractivity contribution in [3.05, 3.63) is 58.5 Å². The molecular formula is C22H21NO6S2. The van der Waals surface area contributed by atoms with Crippen molar-refractivity contribution in [2.75, 3.05) is 28.4 Å². The zero-order valence-corrected chi connectivity index (χ0v) is 19.0. The lowest BCUT2D eigenvalue weighted by atomic mass is 10.1. The van der Waals surface area contributed by atoms with Gasteiger partial charge in [-0.15, -0.1) is 0 Å². The van der Waals surface area contributed by atoms with E-state index in [1.165, 1.54) is 33.3 Å². The van der Waals surface area contributed by atoms with Gasteiger partial charge in [-0.1, -0.05) is 54.3 Å². The summed E-state index contributed by atoms with van der Waals surface area (Å²) in [5, 5.41) is 0. The first-order valence-corrected chi connectivity index (χ1v) is 10.4. The highest BCUT2D eigenvalue weighted by atomic mass is 32.2. The van der Waals surface area contributed by atoms with Gasteiger partial charge in [-0.2, -0.15) is 0 Å². The number of carbonyl (C=O) groups is 2. The van der Waals surface area contributed by atoms with Crippen molar-refractivity contribution in [3.63, 3.8) is 0 Å². The number of amides is 1. The summed E-state index contributed by atoms with van der Waals surface area (Å²) in [5.74, 6) is 0.407. The van der Waals surface area contributed by atoms with Crippen molar-refractivity contribution in [1.82, 2.24) is 4.90 Å². The van der Waals surface area contributed by atoms with E-state index in [2.05, 4.69) is 0 Å². The number of thioether (sulfide) groups is 1. The average molecular weight is 460 g/mol. The first-order chi connectivity index (χ1) is 14.9. The summed E-state index contributed by atoms with van der Waals surface area (Å²) in [6.45, 7) is 0. The normalized spacial score (nSPS) is 15.7. The molecule has 1 amide bonds. The van der Waals surface area contributed by atoms with Gasteiger partial charge in [-0.25, -0.2) is 4.79 Å². The predicted molar refractivity (Wildman–Crippen MR) is 122 cm³/mol. The number of benzene rings is 2. The molecule has 1 unspecified atom stereocenters. The van der Waals surface area contributed by atoms with Crippen LogP contribution in [-0.4, -0.2) is 49.5 Å². The van der Waals surface area contributed by atoms with Gasteiger partial charge in [0, 0.05) is 0 Å². The molecule has 0 aromatic heterocycles. The number of rotatable bonds is 7. The van der Waals surface area contributed by atoms with E-state index in [1.54, 1.807) is 42.5 Å². The molecule has 9 heteroatoms. The molecule has 1 atom stereocenters. The van der Waals surface area contributed by atoms with Gasteiger partial charge in [0.25, 0.3) is 5.91 Å². The van der Waals surface area contributed by atoms with Gasteiger partial charge in [-0.05, 0) is 29.3 Å². The van der Waals surface area contributed by atoms with Crippen LogP contribution in [0.5, 0.6) is 17.2 Å². The quantitative estimate of drug-likeness (QED) is 0.351. The smallest absolute Gasteiger partial charge is 0.333 e. The topological polar surface area (TPSA) is 74.3 Å². The maximum absolute atomic E-state index is 13.2. The molecule has 2 aromatic rings. The number of carbonyl (C=O) groups excluding carboxylic acids is 2. The zero-order chi connectivity index (χ0) is 22.5. The molecule has 0 N–H and O–H groups in total. The van der Waals surface area contributed by atoms with Crippen molar-refractivity contribution in [1.29, 1.82) is 0 Å². The average Bonchev–Trinajstić information content (AvgIpc) is 3.06. The van der Waals surface area contributed by atoms with Crippen LogP contribution < -0.4 is 14.2 Å². The Balaban J connectivity index is 2.01. The Morgan fingerprint density at radius 1 is 1.03 bits per heavy atom. The summed E-state index contributed by atoms with van der Waals surface area (Å²) in [6.07, 6.45) is 1.67. The van der Waals surface area contributed by atoms with Crippen molar-refractivity contribution in [2.24, 2.45) is 0 Å². The standard InChI is InChI=1S/C22H21NO6S2/c1-26-15-10-13(11-16(27-2)19(15)28-3)12-17-20(24)23(22(30)31-17)18(21(25)29-4)14-8-6-5-7-9-14/h5-12,18H,1-4H3/b17-12-. The number of methoxy groups -OCH3 is 4. The molecule has 0 radical (unpaired) electrons. The third-order valence-electron chi connectivity index (χ3n) is 4.61. The molecule has 0 spiro atoms. The highest BCUT2D eigenvalue weighted by Crippen LogP contribution is 2.42. The molecule has 1 fully saturated rings. The van der Waals surface area contributed by atoms with Crippen LogP contribution >= 0.6 is 24.0 Å². The Morgan fingerprint density at radius 2 is 1.65 bits per heavy atom. The van der Waals surface area contributed by atoms with Crippen molar-refractivity contribution >= 4 is 46.3 Å². The lowest BCUT2D eigenvalue weighted by Crippen LogP contribution is -2.37. The van der Waals surface area contributed by atoms with Crippen LogP contribution in [0.15, 0.2) is 47.4 Å². The molecule has 3 rings (SSSR count). The third-order valence-corrected chi connectivity index (χ3v) is 5.94. The van der Waals surface area contributed by atoms with Crippen molar-refractivity contribution in [2.45, 2.75) is 6.04 Å². The Morgan fingerprint density at radius 3 is 2.16 bits per heavy atom. The highest BCUT2D eigenvalue weighted by molar-refractivity contribution is 8.26. The second-order valence-electron chi connectivity index (χ2n) is 6.35. The lowest BCUT2D eigenvalue weighted by Gasteiger charge is -2.24. The molecule has 0 saturated carbocycles. The van der Waals surface area contributed by atoms with Crippen LogP contribution in [-0.2, 0) is 14.3 Å². The minimum Gasteiger partial charge on any atom is -0.493 e. The van der Waals surface area contributed by atoms with Gasteiger partial charge in [0.15, 0.2) is 17.5 Å². The van der Waals surface area contributed by atoms with Crippen LogP contribution in [0.4, 0.5) is 0 Å². The fraction of sp³-hybridized carbons (Fsp3) is 0.227. The number of ether oxygens (including phenoxy) is 4. The van der Waals surface area contributed by atoms with E-state index in [1.807, 2.05) is 6.07 Å². The van der Waals surface area contributed by atoms with Crippen LogP contribution in [0.25, 0.3) is 6.08 Å². The highest BCUT2D eigenvalue weighted by Gasteiger charge is 2.41. The Hall–Kier alpha value is -3.04. The molecule has 7 nitrogen and oxygen atoms in total. The summed E-state index contributed by atoms with van der Waals surface area (Å²) in [4.78, 5) is 27.4. The molecule has 162 valence electrons. The zero-order valence-electron chi connectivity index (χ0n) is 17.4. The number of thiocarbonyl (C=S) groups is 1. The minimum absolute atomic E-state index is 0.267. The summed E-state index contributed by atoms with van der Waals surface area (Å²) in [7, 11) is 5.83. The van der Waals surface area contributed by atoms with Crippen LogP contribution in [0.2, 0.25) is 0 Å². The number of hydrogen-bond acceptors (Lipinski definition) is 8. The molecule has 0 aliphatic carbocycles. The number of esters is 1. The van der Waals surface area contributed by atoms with Crippen LogP contribution in [0.3, 0.4) is 0 Å². The SMILES string of the molecule is COC(=O)C(c1ccccc1)N1C(=O)/C(=C/c2cc(OC)c(OC)c(OC)c2)SC1=S. The summed E-state index contributed by atoms with van der Waals surface area (Å²) >= 11 is 6.55. The van der Waals surface area contributed by atoms with E-state index in [0.29, 0.717) is 33.3 Å². The van der Waals surface area contributed by atoms with E-state index in [0.717, 1.165) is 11.8 Å². The fourth-order valence-electron chi connectivity index (χ4n) is 3.18. The molecule has 2 aromatic carbocycles.